The molecule has 0 aromatic heterocycles. The van der Waals surface area contributed by atoms with Crippen molar-refractivity contribution >= 4 is 24.8 Å². The number of fused-ring (bicyclic) bond motifs is 1. The van der Waals surface area contributed by atoms with Gasteiger partial charge in [-0.1, -0.05) is 0 Å². The van der Waals surface area contributed by atoms with Crippen LogP contribution in [0.2, 0.25) is 0 Å². The van der Waals surface area contributed by atoms with Crippen LogP contribution in [0.3, 0.4) is 0 Å². The van der Waals surface area contributed by atoms with Crippen molar-refractivity contribution in [1.82, 2.24) is 10.2 Å². The van der Waals surface area contributed by atoms with Crippen molar-refractivity contribution in [2.75, 3.05) is 33.2 Å². The minimum absolute atomic E-state index is 0. The van der Waals surface area contributed by atoms with Crippen LogP contribution < -0.4 is 5.32 Å². The Labute approximate surface area is 86.9 Å². The number of nitrogens with zero attached hydrogens (tertiary/aromatic N) is 1. The zero-order chi connectivity index (χ0) is 6.97. The molecular weight excluding hydrogens is 195 g/mol. The van der Waals surface area contributed by atoms with E-state index >= 15 is 0 Å². The van der Waals surface area contributed by atoms with Gasteiger partial charge in [0.15, 0.2) is 0 Å². The Kier molecular flexibility index (Phi) is 5.50. The monoisotopic (exact) mass is 212 g/mol. The number of likely N-dealkylation sites (tertiary alicyclic amines) is 1. The van der Waals surface area contributed by atoms with Crippen LogP contribution in [-0.2, 0) is 0 Å². The van der Waals surface area contributed by atoms with Gasteiger partial charge in [0.05, 0.1) is 0 Å². The standard InChI is InChI=1S/C8H16N2.2ClH/c1-10-3-2-7-4-9-5-8(7)6-10;;/h7-9H,2-6H2,1H3;2*1H. The number of halogens is 2. The maximum Gasteiger partial charge on any atom is 0.00219 e. The topological polar surface area (TPSA) is 15.3 Å². The van der Waals surface area contributed by atoms with E-state index in [1.807, 2.05) is 0 Å². The third-order valence-electron chi connectivity index (χ3n) is 2.91. The summed E-state index contributed by atoms with van der Waals surface area (Å²) in [6, 6.07) is 0. The zero-order valence-corrected chi connectivity index (χ0v) is 9.09. The minimum atomic E-state index is 0. The van der Waals surface area contributed by atoms with E-state index in [2.05, 4.69) is 17.3 Å². The van der Waals surface area contributed by atoms with Gasteiger partial charge in [-0.3, -0.25) is 0 Å². The lowest BCUT2D eigenvalue weighted by Crippen LogP contribution is -2.37. The first-order valence-electron chi connectivity index (χ1n) is 4.25. The van der Waals surface area contributed by atoms with E-state index in [1.54, 1.807) is 0 Å². The van der Waals surface area contributed by atoms with Crippen LogP contribution >= 0.6 is 24.8 Å². The first-order valence-corrected chi connectivity index (χ1v) is 4.25. The van der Waals surface area contributed by atoms with Gasteiger partial charge in [0, 0.05) is 6.54 Å². The summed E-state index contributed by atoms with van der Waals surface area (Å²) >= 11 is 0. The van der Waals surface area contributed by atoms with Crippen molar-refractivity contribution in [2.45, 2.75) is 6.42 Å². The smallest absolute Gasteiger partial charge is 0.00219 e. The number of rotatable bonds is 0. The molecule has 2 fully saturated rings. The Balaban J connectivity index is 0.000000605. The van der Waals surface area contributed by atoms with Crippen molar-refractivity contribution in [1.29, 1.82) is 0 Å². The molecule has 0 spiro atoms. The van der Waals surface area contributed by atoms with Gasteiger partial charge >= 0.3 is 0 Å². The van der Waals surface area contributed by atoms with Gasteiger partial charge < -0.3 is 10.2 Å². The molecule has 2 aliphatic rings. The highest BCUT2D eigenvalue weighted by Crippen LogP contribution is 2.25. The Hall–Kier alpha value is 0.500. The van der Waals surface area contributed by atoms with Crippen molar-refractivity contribution in [3.8, 4) is 0 Å². The molecule has 2 aliphatic heterocycles. The quantitative estimate of drug-likeness (QED) is 0.645. The molecule has 2 saturated heterocycles. The van der Waals surface area contributed by atoms with Crippen molar-refractivity contribution in [3.05, 3.63) is 0 Å². The molecule has 0 aromatic carbocycles. The average Bonchev–Trinajstić information content (AvgIpc) is 2.33. The molecule has 0 bridgehead atoms. The van der Waals surface area contributed by atoms with Crippen LogP contribution in [0, 0.1) is 11.8 Å². The van der Waals surface area contributed by atoms with Crippen LogP contribution in [0.1, 0.15) is 6.42 Å². The van der Waals surface area contributed by atoms with Gasteiger partial charge in [0.2, 0.25) is 0 Å². The molecule has 0 saturated carbocycles. The summed E-state index contributed by atoms with van der Waals surface area (Å²) in [5.41, 5.74) is 0. The molecule has 2 atom stereocenters. The fraction of sp³-hybridized carbons (Fsp3) is 1.00. The molecule has 74 valence electrons. The first kappa shape index (κ1) is 12.5. The van der Waals surface area contributed by atoms with Gasteiger partial charge in [0.1, 0.15) is 0 Å². The van der Waals surface area contributed by atoms with Crippen LogP contribution in [0.25, 0.3) is 0 Å². The molecular formula is C8H18Cl2N2. The molecule has 2 unspecified atom stereocenters. The molecule has 4 heteroatoms. The fourth-order valence-corrected chi connectivity index (χ4v) is 2.22. The summed E-state index contributed by atoms with van der Waals surface area (Å²) in [6.45, 7) is 5.16. The largest absolute Gasteiger partial charge is 0.316 e. The molecule has 0 amide bonds. The third kappa shape index (κ3) is 2.49. The van der Waals surface area contributed by atoms with Crippen LogP contribution in [0.5, 0.6) is 0 Å². The Morgan fingerprint density at radius 1 is 1.17 bits per heavy atom. The predicted octanol–water partition coefficient (Wildman–Crippen LogP) is 1.00. The van der Waals surface area contributed by atoms with E-state index in [1.165, 1.54) is 32.6 Å². The Morgan fingerprint density at radius 2 is 1.83 bits per heavy atom. The Morgan fingerprint density at radius 3 is 2.58 bits per heavy atom. The second kappa shape index (κ2) is 5.28. The van der Waals surface area contributed by atoms with Crippen molar-refractivity contribution in [3.63, 3.8) is 0 Å². The minimum Gasteiger partial charge on any atom is -0.316 e. The van der Waals surface area contributed by atoms with Gasteiger partial charge in [-0.05, 0) is 44.9 Å². The van der Waals surface area contributed by atoms with Gasteiger partial charge in [-0.25, -0.2) is 0 Å². The van der Waals surface area contributed by atoms with E-state index in [0.717, 1.165) is 11.8 Å². The molecule has 0 aliphatic carbocycles. The summed E-state index contributed by atoms with van der Waals surface area (Å²) in [4.78, 5) is 2.45. The Bertz CT molecular complexity index is 132. The van der Waals surface area contributed by atoms with Crippen LogP contribution in [-0.4, -0.2) is 38.1 Å². The predicted molar refractivity (Wildman–Crippen MR) is 56.5 cm³/mol. The van der Waals surface area contributed by atoms with Crippen LogP contribution in [0.15, 0.2) is 0 Å². The molecule has 2 heterocycles. The number of nitrogens with one attached hydrogen (secondary N) is 1. The lowest BCUT2D eigenvalue weighted by Gasteiger charge is -2.31. The normalized spacial score (nSPS) is 34.8. The number of hydrogen-bond donors (Lipinski definition) is 1. The van der Waals surface area contributed by atoms with Crippen LogP contribution in [0.4, 0.5) is 0 Å². The van der Waals surface area contributed by atoms with E-state index in [-0.39, 0.29) is 24.8 Å². The van der Waals surface area contributed by atoms with Gasteiger partial charge in [0.25, 0.3) is 0 Å². The highest BCUT2D eigenvalue weighted by atomic mass is 35.5. The lowest BCUT2D eigenvalue weighted by molar-refractivity contribution is 0.178. The fourth-order valence-electron chi connectivity index (χ4n) is 2.22. The number of hydrogen-bond acceptors (Lipinski definition) is 2. The van der Waals surface area contributed by atoms with Gasteiger partial charge in [-0.2, -0.15) is 0 Å². The van der Waals surface area contributed by atoms with Crippen molar-refractivity contribution in [2.24, 2.45) is 11.8 Å². The molecule has 1 N–H and O–H groups in total. The summed E-state index contributed by atoms with van der Waals surface area (Å²) in [5, 5.41) is 3.46. The molecule has 0 radical (unpaired) electrons. The first-order chi connectivity index (χ1) is 4.86. The highest BCUT2D eigenvalue weighted by molar-refractivity contribution is 5.85. The maximum atomic E-state index is 3.46. The summed E-state index contributed by atoms with van der Waals surface area (Å²) in [7, 11) is 2.23. The number of piperidine rings is 1. The summed E-state index contributed by atoms with van der Waals surface area (Å²) in [6.07, 6.45) is 1.41. The van der Waals surface area contributed by atoms with Gasteiger partial charge in [-0.15, -0.1) is 24.8 Å². The van der Waals surface area contributed by atoms with Crippen molar-refractivity contribution < 1.29 is 0 Å². The summed E-state index contributed by atoms with van der Waals surface area (Å²) < 4.78 is 0. The molecule has 12 heavy (non-hydrogen) atoms. The van der Waals surface area contributed by atoms with E-state index in [9.17, 15) is 0 Å². The van der Waals surface area contributed by atoms with E-state index in [4.69, 9.17) is 0 Å². The highest BCUT2D eigenvalue weighted by Gasteiger charge is 2.30. The maximum absolute atomic E-state index is 3.46. The molecule has 2 nitrogen and oxygen atoms in total. The van der Waals surface area contributed by atoms with E-state index in [0.29, 0.717) is 0 Å². The molecule has 2 rings (SSSR count). The lowest BCUT2D eigenvalue weighted by atomic mass is 9.89. The second-order valence-corrected chi connectivity index (χ2v) is 3.73. The zero-order valence-electron chi connectivity index (χ0n) is 7.45. The molecule has 0 aromatic rings. The average molecular weight is 213 g/mol. The third-order valence-corrected chi connectivity index (χ3v) is 2.91. The SMILES string of the molecule is CN1CCC2CNCC2C1.Cl.Cl. The van der Waals surface area contributed by atoms with E-state index < -0.39 is 0 Å². The summed E-state index contributed by atoms with van der Waals surface area (Å²) in [5.74, 6) is 1.95. The second-order valence-electron chi connectivity index (χ2n) is 3.73.